The van der Waals surface area contributed by atoms with Crippen molar-refractivity contribution in [2.24, 2.45) is 5.92 Å². The van der Waals surface area contributed by atoms with E-state index in [0.717, 1.165) is 43.5 Å². The molecule has 0 unspecified atom stereocenters. The van der Waals surface area contributed by atoms with Crippen molar-refractivity contribution in [2.45, 2.75) is 52.1 Å². The topological polar surface area (TPSA) is 59.0 Å². The van der Waals surface area contributed by atoms with Crippen molar-refractivity contribution in [1.82, 2.24) is 4.90 Å². The van der Waals surface area contributed by atoms with Gasteiger partial charge < -0.3 is 19.5 Å². The first-order chi connectivity index (χ1) is 12.2. The Kier molecular flexibility index (Phi) is 6.10. The molecule has 2 aliphatic heterocycles. The van der Waals surface area contributed by atoms with E-state index in [0.29, 0.717) is 12.4 Å². The van der Waals surface area contributed by atoms with Crippen molar-refractivity contribution in [3.8, 4) is 0 Å². The fourth-order valence-corrected chi connectivity index (χ4v) is 3.27. The van der Waals surface area contributed by atoms with Crippen molar-refractivity contribution in [3.05, 3.63) is 47.2 Å². The minimum absolute atomic E-state index is 0.00727. The lowest BCUT2D eigenvalue weighted by Crippen LogP contribution is -2.39. The molecule has 5 nitrogen and oxygen atoms in total. The number of ether oxygens (including phenoxy) is 2. The Balaban J connectivity index is 1.56. The highest BCUT2D eigenvalue weighted by molar-refractivity contribution is 5.91. The number of hydrogen-bond acceptors (Lipinski definition) is 4. The number of nitrogens with zero attached hydrogens (tertiary/aromatic N) is 1. The van der Waals surface area contributed by atoms with Gasteiger partial charge in [0.15, 0.2) is 5.76 Å². The van der Waals surface area contributed by atoms with Crippen LogP contribution in [0, 0.1) is 5.92 Å². The maximum Gasteiger partial charge on any atom is 0.288 e. The number of aliphatic hydroxyl groups excluding tert-OH is 1. The Bertz CT molecular complexity index is 605. The number of benzene rings is 1. The number of allylic oxidation sites excluding steroid dienone is 1. The normalized spacial score (nSPS) is 23.8. The molecule has 0 radical (unpaired) electrons. The van der Waals surface area contributed by atoms with E-state index in [4.69, 9.17) is 14.6 Å². The highest BCUT2D eigenvalue weighted by Gasteiger charge is 2.29. The summed E-state index contributed by atoms with van der Waals surface area (Å²) in [7, 11) is 0. The van der Waals surface area contributed by atoms with E-state index in [-0.39, 0.29) is 18.4 Å². The summed E-state index contributed by atoms with van der Waals surface area (Å²) in [6, 6.07) is 7.64. The average molecular weight is 345 g/mol. The molecular weight excluding hydrogens is 318 g/mol. The van der Waals surface area contributed by atoms with Gasteiger partial charge >= 0.3 is 0 Å². The lowest BCUT2D eigenvalue weighted by Gasteiger charge is -2.32. The third-order valence-electron chi connectivity index (χ3n) is 4.75. The molecule has 2 heterocycles. The fourth-order valence-electron chi connectivity index (χ4n) is 3.27. The average Bonchev–Trinajstić information content (AvgIpc) is 2.66. The summed E-state index contributed by atoms with van der Waals surface area (Å²) in [4.78, 5) is 14.5. The monoisotopic (exact) mass is 345 g/mol. The predicted molar refractivity (Wildman–Crippen MR) is 94.3 cm³/mol. The van der Waals surface area contributed by atoms with Crippen molar-refractivity contribution >= 4 is 5.91 Å². The molecule has 1 amide bonds. The number of hydrogen-bond donors (Lipinski definition) is 1. The van der Waals surface area contributed by atoms with Gasteiger partial charge in [-0.2, -0.15) is 0 Å². The van der Waals surface area contributed by atoms with Gasteiger partial charge in [-0.15, -0.1) is 0 Å². The van der Waals surface area contributed by atoms with Gasteiger partial charge in [0.05, 0.1) is 13.2 Å². The molecule has 0 aromatic heterocycles. The quantitative estimate of drug-likeness (QED) is 0.891. The van der Waals surface area contributed by atoms with Crippen LogP contribution in [-0.2, 0) is 27.5 Å². The summed E-state index contributed by atoms with van der Waals surface area (Å²) < 4.78 is 11.7. The van der Waals surface area contributed by atoms with E-state index in [2.05, 4.69) is 6.92 Å². The van der Waals surface area contributed by atoms with Crippen molar-refractivity contribution in [2.75, 3.05) is 13.1 Å². The van der Waals surface area contributed by atoms with Crippen LogP contribution in [0.3, 0.4) is 0 Å². The second-order valence-corrected chi connectivity index (χ2v) is 6.93. The van der Waals surface area contributed by atoms with Crippen LogP contribution in [-0.4, -0.2) is 35.3 Å². The molecule has 0 bridgehead atoms. The molecule has 0 aliphatic carbocycles. The van der Waals surface area contributed by atoms with Crippen LogP contribution in [0.1, 0.15) is 43.7 Å². The van der Waals surface area contributed by atoms with Gasteiger partial charge in [-0.25, -0.2) is 0 Å². The number of amides is 1. The van der Waals surface area contributed by atoms with Crippen LogP contribution in [0.4, 0.5) is 0 Å². The maximum atomic E-state index is 12.6. The molecule has 25 heavy (non-hydrogen) atoms. The summed E-state index contributed by atoms with van der Waals surface area (Å²) in [5, 5.41) is 9.09. The summed E-state index contributed by atoms with van der Waals surface area (Å²) in [5.41, 5.74) is 1.90. The van der Waals surface area contributed by atoms with Gasteiger partial charge in [-0.1, -0.05) is 31.2 Å². The minimum atomic E-state index is -0.402. The van der Waals surface area contributed by atoms with Crippen LogP contribution in [0.5, 0.6) is 0 Å². The standard InChI is InChI=1S/C20H27NO4/c1-15-11-18(20(23)21-9-3-2-4-10-21)25-19(12-15)24-14-17-7-5-16(13-22)6-8-17/h5-8,11,15,19,22H,2-4,9-10,12-14H2,1H3/t15-,19+/m0/s1. The van der Waals surface area contributed by atoms with E-state index in [1.807, 2.05) is 35.2 Å². The van der Waals surface area contributed by atoms with Crippen LogP contribution in [0.15, 0.2) is 36.1 Å². The third kappa shape index (κ3) is 4.83. The van der Waals surface area contributed by atoms with Crippen LogP contribution >= 0.6 is 0 Å². The first kappa shape index (κ1) is 18.0. The van der Waals surface area contributed by atoms with Crippen molar-refractivity contribution in [1.29, 1.82) is 0 Å². The molecule has 0 saturated carbocycles. The van der Waals surface area contributed by atoms with E-state index >= 15 is 0 Å². The largest absolute Gasteiger partial charge is 0.459 e. The Hall–Kier alpha value is -1.85. The zero-order valence-corrected chi connectivity index (χ0v) is 14.8. The zero-order valence-electron chi connectivity index (χ0n) is 14.8. The molecule has 1 aromatic carbocycles. The number of rotatable bonds is 5. The molecule has 3 rings (SSSR count). The van der Waals surface area contributed by atoms with Crippen molar-refractivity contribution in [3.63, 3.8) is 0 Å². The summed E-state index contributed by atoms with van der Waals surface area (Å²) in [6.45, 7) is 4.18. The van der Waals surface area contributed by atoms with E-state index in [1.165, 1.54) is 6.42 Å². The Morgan fingerprint density at radius 3 is 2.56 bits per heavy atom. The first-order valence-corrected chi connectivity index (χ1v) is 9.13. The lowest BCUT2D eigenvalue weighted by atomic mass is 10.0. The summed E-state index contributed by atoms with van der Waals surface area (Å²) in [6.07, 6.45) is 5.59. The van der Waals surface area contributed by atoms with Gasteiger partial charge in [-0.05, 0) is 42.4 Å². The molecular formula is C20H27NO4. The zero-order chi connectivity index (χ0) is 17.6. The molecule has 2 aliphatic rings. The molecule has 2 atom stereocenters. The second kappa shape index (κ2) is 8.50. The Morgan fingerprint density at radius 2 is 1.88 bits per heavy atom. The smallest absolute Gasteiger partial charge is 0.288 e. The third-order valence-corrected chi connectivity index (χ3v) is 4.75. The Labute approximate surface area is 149 Å². The van der Waals surface area contributed by atoms with Gasteiger partial charge in [0.2, 0.25) is 6.29 Å². The van der Waals surface area contributed by atoms with Crippen LogP contribution in [0.25, 0.3) is 0 Å². The summed E-state index contributed by atoms with van der Waals surface area (Å²) >= 11 is 0. The van der Waals surface area contributed by atoms with Gasteiger partial charge in [-0.3, -0.25) is 4.79 Å². The first-order valence-electron chi connectivity index (χ1n) is 9.13. The maximum absolute atomic E-state index is 12.6. The minimum Gasteiger partial charge on any atom is -0.459 e. The highest BCUT2D eigenvalue weighted by atomic mass is 16.7. The summed E-state index contributed by atoms with van der Waals surface area (Å²) in [5.74, 6) is 0.674. The van der Waals surface area contributed by atoms with E-state index in [1.54, 1.807) is 0 Å². The predicted octanol–water partition coefficient (Wildman–Crippen LogP) is 2.97. The van der Waals surface area contributed by atoms with E-state index in [9.17, 15) is 4.79 Å². The lowest BCUT2D eigenvalue weighted by molar-refractivity contribution is -0.158. The van der Waals surface area contributed by atoms with Gasteiger partial charge in [0, 0.05) is 19.5 Å². The molecule has 1 saturated heterocycles. The van der Waals surface area contributed by atoms with Gasteiger partial charge in [0.25, 0.3) is 5.91 Å². The highest BCUT2D eigenvalue weighted by Crippen LogP contribution is 2.26. The molecule has 1 aromatic rings. The molecule has 5 heteroatoms. The SMILES string of the molecule is C[C@H]1C=C(C(=O)N2CCCCC2)O[C@@H](OCc2ccc(CO)cc2)C1. The molecule has 0 spiro atoms. The number of piperidine rings is 1. The van der Waals surface area contributed by atoms with Crippen LogP contribution < -0.4 is 0 Å². The van der Waals surface area contributed by atoms with Crippen molar-refractivity contribution < 1.29 is 19.4 Å². The molecule has 1 fully saturated rings. The number of aliphatic hydroxyl groups is 1. The second-order valence-electron chi connectivity index (χ2n) is 6.93. The number of likely N-dealkylation sites (tertiary alicyclic amines) is 1. The number of carbonyl (C=O) groups excluding carboxylic acids is 1. The molecule has 136 valence electrons. The fraction of sp³-hybridized carbons (Fsp3) is 0.550. The van der Waals surface area contributed by atoms with Gasteiger partial charge in [0.1, 0.15) is 0 Å². The van der Waals surface area contributed by atoms with E-state index < -0.39 is 6.29 Å². The number of carbonyl (C=O) groups is 1. The van der Waals surface area contributed by atoms with Crippen LogP contribution in [0.2, 0.25) is 0 Å². The Morgan fingerprint density at radius 1 is 1.20 bits per heavy atom. The molecule has 1 N–H and O–H groups in total.